The summed E-state index contributed by atoms with van der Waals surface area (Å²) in [5.74, 6) is -0.339. The van der Waals surface area contributed by atoms with Gasteiger partial charge in [0.1, 0.15) is 11.9 Å². The summed E-state index contributed by atoms with van der Waals surface area (Å²) < 4.78 is 71.6. The Kier molecular flexibility index (Phi) is 6.26. The predicted octanol–water partition coefficient (Wildman–Crippen LogP) is 6.07. The molecule has 0 bridgehead atoms. The zero-order valence-electron chi connectivity index (χ0n) is 15.3. The van der Waals surface area contributed by atoms with Crippen molar-refractivity contribution in [1.82, 2.24) is 0 Å². The molecular weight excluding hydrogens is 429 g/mol. The highest BCUT2D eigenvalue weighted by Crippen LogP contribution is 2.44. The third kappa shape index (κ3) is 4.94. The van der Waals surface area contributed by atoms with Crippen LogP contribution in [0.5, 0.6) is 0 Å². The minimum absolute atomic E-state index is 0.298. The predicted molar refractivity (Wildman–Crippen MR) is 102 cm³/mol. The third-order valence-electron chi connectivity index (χ3n) is 4.61. The Morgan fingerprint density at radius 2 is 1.69 bits per heavy atom. The highest BCUT2D eigenvalue weighted by Gasteiger charge is 2.49. The van der Waals surface area contributed by atoms with Crippen LogP contribution in [0.3, 0.4) is 0 Å². The molecule has 0 aliphatic carbocycles. The van der Waals surface area contributed by atoms with Crippen LogP contribution in [0.4, 0.5) is 13.2 Å². The minimum Gasteiger partial charge on any atom is -0.381 e. The molecule has 1 aliphatic rings. The van der Waals surface area contributed by atoms with Gasteiger partial charge in [0.15, 0.2) is 0 Å². The lowest BCUT2D eigenvalue weighted by Gasteiger charge is -2.34. The van der Waals surface area contributed by atoms with Crippen molar-refractivity contribution in [2.75, 3.05) is 0 Å². The first-order chi connectivity index (χ1) is 13.6. The van der Waals surface area contributed by atoms with E-state index >= 15 is 0 Å². The summed E-state index contributed by atoms with van der Waals surface area (Å²) in [6.07, 6.45) is -0.287. The average Bonchev–Trinajstić information content (AvgIpc) is 2.67. The molecule has 0 aromatic heterocycles. The van der Waals surface area contributed by atoms with E-state index in [0.717, 1.165) is 5.56 Å². The Labute approximate surface area is 172 Å². The first kappa shape index (κ1) is 21.7. The largest absolute Gasteiger partial charge is 0.534 e. The van der Waals surface area contributed by atoms with Gasteiger partial charge in [-0.1, -0.05) is 54.1 Å². The quantitative estimate of drug-likeness (QED) is 0.325. The second-order valence-electron chi connectivity index (χ2n) is 6.57. The van der Waals surface area contributed by atoms with Gasteiger partial charge in [-0.25, -0.2) is 0 Å². The van der Waals surface area contributed by atoms with Crippen molar-refractivity contribution in [1.29, 1.82) is 0 Å². The maximum atomic E-state index is 12.7. The van der Waals surface area contributed by atoms with E-state index in [1.54, 1.807) is 24.3 Å². The Balaban J connectivity index is 1.98. The number of rotatable bonds is 4. The molecule has 156 valence electrons. The fraction of sp³-hybridized carbons (Fsp3) is 0.300. The molecule has 0 spiro atoms. The van der Waals surface area contributed by atoms with Gasteiger partial charge in [-0.3, -0.25) is 0 Å². The number of benzene rings is 2. The fourth-order valence-corrected chi connectivity index (χ4v) is 3.84. The lowest BCUT2D eigenvalue weighted by molar-refractivity contribution is -0.0530. The van der Waals surface area contributed by atoms with E-state index in [2.05, 4.69) is 4.18 Å². The number of allylic oxidation sites excluding steroid dienone is 1. The van der Waals surface area contributed by atoms with Gasteiger partial charge in [0.2, 0.25) is 0 Å². The van der Waals surface area contributed by atoms with Gasteiger partial charge in [0.25, 0.3) is 0 Å². The molecule has 3 rings (SSSR count). The Morgan fingerprint density at radius 3 is 2.28 bits per heavy atom. The average molecular weight is 447 g/mol. The molecule has 1 heterocycles. The highest BCUT2D eigenvalue weighted by molar-refractivity contribution is 7.87. The standard InChI is InChI=1S/C20H18ClF3O4S/c1-13(28-29(25,26)20(22,23)24)17-11-12-18(14-5-3-2-4-6-14)27-19(17)15-7-9-16(21)10-8-15/h2-10,18-19H,11-12H2,1H3. The lowest BCUT2D eigenvalue weighted by atomic mass is 9.90. The fourth-order valence-electron chi connectivity index (χ4n) is 3.19. The van der Waals surface area contributed by atoms with Crippen LogP contribution in [0.15, 0.2) is 65.9 Å². The molecule has 2 aromatic carbocycles. The van der Waals surface area contributed by atoms with Crippen LogP contribution >= 0.6 is 11.6 Å². The summed E-state index contributed by atoms with van der Waals surface area (Å²) in [6.45, 7) is 1.20. The number of hydrogen-bond donors (Lipinski definition) is 0. The van der Waals surface area contributed by atoms with E-state index in [1.807, 2.05) is 30.3 Å². The van der Waals surface area contributed by atoms with Crippen molar-refractivity contribution < 1.29 is 30.5 Å². The van der Waals surface area contributed by atoms with Gasteiger partial charge < -0.3 is 8.92 Å². The van der Waals surface area contributed by atoms with Crippen LogP contribution in [-0.4, -0.2) is 13.9 Å². The number of ether oxygens (including phenoxy) is 1. The summed E-state index contributed by atoms with van der Waals surface area (Å²) in [6, 6.07) is 16.0. The smallest absolute Gasteiger partial charge is 0.381 e. The summed E-state index contributed by atoms with van der Waals surface area (Å²) in [5, 5.41) is 0.488. The summed E-state index contributed by atoms with van der Waals surface area (Å²) in [7, 11) is -5.76. The molecule has 2 aromatic rings. The van der Waals surface area contributed by atoms with Crippen LogP contribution in [0.1, 0.15) is 43.1 Å². The van der Waals surface area contributed by atoms with Crippen LogP contribution in [-0.2, 0) is 19.0 Å². The van der Waals surface area contributed by atoms with Gasteiger partial charge in [-0.2, -0.15) is 21.6 Å². The molecule has 0 N–H and O–H groups in total. The molecule has 1 aliphatic heterocycles. The maximum Gasteiger partial charge on any atom is 0.534 e. The second-order valence-corrected chi connectivity index (χ2v) is 8.54. The molecular formula is C20H18ClF3O4S. The normalized spacial score (nSPS) is 22.2. The van der Waals surface area contributed by atoms with E-state index < -0.39 is 21.7 Å². The molecule has 0 radical (unpaired) electrons. The topological polar surface area (TPSA) is 52.6 Å². The van der Waals surface area contributed by atoms with Crippen molar-refractivity contribution in [3.8, 4) is 0 Å². The third-order valence-corrected chi connectivity index (χ3v) is 5.90. The Bertz CT molecular complexity index is 987. The maximum absolute atomic E-state index is 12.7. The summed E-state index contributed by atoms with van der Waals surface area (Å²) >= 11 is 5.93. The molecule has 0 saturated carbocycles. The van der Waals surface area contributed by atoms with Gasteiger partial charge in [0.05, 0.1) is 6.10 Å². The van der Waals surface area contributed by atoms with Gasteiger partial charge in [0, 0.05) is 10.6 Å². The molecule has 0 amide bonds. The van der Waals surface area contributed by atoms with Crippen molar-refractivity contribution in [3.05, 3.63) is 82.1 Å². The minimum atomic E-state index is -5.76. The molecule has 9 heteroatoms. The van der Waals surface area contributed by atoms with Crippen molar-refractivity contribution >= 4 is 21.7 Å². The summed E-state index contributed by atoms with van der Waals surface area (Å²) in [5.41, 5.74) is -3.61. The van der Waals surface area contributed by atoms with E-state index in [0.29, 0.717) is 29.0 Å². The van der Waals surface area contributed by atoms with E-state index in [9.17, 15) is 21.6 Å². The molecule has 29 heavy (non-hydrogen) atoms. The van der Waals surface area contributed by atoms with Crippen LogP contribution in [0, 0.1) is 0 Å². The molecule has 4 nitrogen and oxygen atoms in total. The molecule has 2 unspecified atom stereocenters. The lowest BCUT2D eigenvalue weighted by Crippen LogP contribution is -2.26. The first-order valence-corrected chi connectivity index (χ1v) is 10.5. The number of hydrogen-bond acceptors (Lipinski definition) is 4. The monoisotopic (exact) mass is 446 g/mol. The molecule has 1 saturated heterocycles. The van der Waals surface area contributed by atoms with Crippen LogP contribution in [0.2, 0.25) is 5.02 Å². The van der Waals surface area contributed by atoms with Crippen molar-refractivity contribution in [2.45, 2.75) is 37.5 Å². The Hall–Kier alpha value is -2.03. The molecule has 2 atom stereocenters. The number of halogens is 4. The van der Waals surface area contributed by atoms with E-state index in [4.69, 9.17) is 16.3 Å². The van der Waals surface area contributed by atoms with E-state index in [-0.39, 0.29) is 11.9 Å². The first-order valence-electron chi connectivity index (χ1n) is 8.75. The van der Waals surface area contributed by atoms with E-state index in [1.165, 1.54) is 6.92 Å². The second kappa shape index (κ2) is 8.38. The van der Waals surface area contributed by atoms with Gasteiger partial charge in [-0.15, -0.1) is 0 Å². The van der Waals surface area contributed by atoms with Crippen LogP contribution in [0.25, 0.3) is 0 Å². The zero-order chi connectivity index (χ0) is 21.2. The Morgan fingerprint density at radius 1 is 1.07 bits per heavy atom. The van der Waals surface area contributed by atoms with Crippen LogP contribution < -0.4 is 0 Å². The number of alkyl halides is 3. The summed E-state index contributed by atoms with van der Waals surface area (Å²) in [4.78, 5) is 0. The highest BCUT2D eigenvalue weighted by atomic mass is 35.5. The molecule has 1 fully saturated rings. The van der Waals surface area contributed by atoms with Gasteiger partial charge in [-0.05, 0) is 43.0 Å². The van der Waals surface area contributed by atoms with Crippen molar-refractivity contribution in [2.24, 2.45) is 0 Å². The SMILES string of the molecule is CC(OS(=O)(=O)C(F)(F)F)=C1CCC(c2ccccc2)OC1c1ccc(Cl)cc1. The zero-order valence-corrected chi connectivity index (χ0v) is 16.9. The van der Waals surface area contributed by atoms with Crippen molar-refractivity contribution in [3.63, 3.8) is 0 Å². The van der Waals surface area contributed by atoms with Gasteiger partial charge >= 0.3 is 15.6 Å².